The Balaban J connectivity index is 1.76. The molecule has 0 saturated carbocycles. The molecule has 0 aliphatic heterocycles. The lowest BCUT2D eigenvalue weighted by molar-refractivity contribution is 0.720. The molecule has 1 aromatic carbocycles. The normalized spacial score (nSPS) is 11.9. The molecule has 11 heteroatoms. The minimum atomic E-state index is -1.06. The van der Waals surface area contributed by atoms with Crippen LogP contribution in [0.4, 0.5) is 5.82 Å². The summed E-state index contributed by atoms with van der Waals surface area (Å²) in [6.45, 7) is 4.60. The zero-order valence-corrected chi connectivity index (χ0v) is 21.0. The second kappa shape index (κ2) is 8.64. The van der Waals surface area contributed by atoms with E-state index in [0.29, 0.717) is 40.2 Å². The number of nitrogens with zero attached hydrogens (tertiary/aromatic N) is 6. The van der Waals surface area contributed by atoms with Crippen molar-refractivity contribution in [1.29, 1.82) is 0 Å². The van der Waals surface area contributed by atoms with Crippen LogP contribution in [0.1, 0.15) is 12.6 Å². The van der Waals surface area contributed by atoms with Gasteiger partial charge in [-0.2, -0.15) is 14.9 Å². The van der Waals surface area contributed by atoms with E-state index in [1.165, 1.54) is 9.36 Å². The number of nitrogens with one attached hydrogen (secondary N) is 1. The largest absolute Gasteiger partial charge is 0.370 e. The fraction of sp³-hybridized carbons (Fsp3) is 0.174. The maximum absolute atomic E-state index is 13.8. The van der Waals surface area contributed by atoms with Crippen LogP contribution in [-0.2, 0) is 3.54 Å². The molecule has 4 heterocycles. The first-order valence-electron chi connectivity index (χ1n) is 10.5. The lowest BCUT2D eigenvalue weighted by Crippen LogP contribution is -2.23. The summed E-state index contributed by atoms with van der Waals surface area (Å²) < 4.78 is 1.86. The Morgan fingerprint density at radius 2 is 1.82 bits per heavy atom. The molecule has 0 spiro atoms. The van der Waals surface area contributed by atoms with Gasteiger partial charge in [-0.1, -0.05) is 6.07 Å². The highest BCUT2D eigenvalue weighted by atomic mass is 32.2. The van der Waals surface area contributed by atoms with Crippen molar-refractivity contribution in [2.75, 3.05) is 11.9 Å². The van der Waals surface area contributed by atoms with E-state index in [1.54, 1.807) is 18.5 Å². The average molecular weight is 508 g/mol. The number of hydrogen-bond acceptors (Lipinski definition) is 9. The molecule has 0 atom stereocenters. The molecule has 8 nitrogen and oxygen atoms in total. The Morgan fingerprint density at radius 3 is 2.53 bits per heavy atom. The predicted molar refractivity (Wildman–Crippen MR) is 145 cm³/mol. The van der Waals surface area contributed by atoms with Gasteiger partial charge in [0.2, 0.25) is 0 Å². The van der Waals surface area contributed by atoms with E-state index in [0.717, 1.165) is 16.6 Å². The molecule has 0 bridgehead atoms. The SMILES string of the molecule is CCNc1ccc2nn(-c3ccc4nn(C(S)(S)S)cc4c3)c(=O)c(-c3ccc(C)nc3)c2n1. The van der Waals surface area contributed by atoms with Crippen molar-refractivity contribution in [2.45, 2.75) is 17.4 Å². The van der Waals surface area contributed by atoms with E-state index < -0.39 is 3.54 Å². The second-order valence-corrected chi connectivity index (χ2v) is 10.8. The van der Waals surface area contributed by atoms with Crippen LogP contribution in [0.15, 0.2) is 59.7 Å². The van der Waals surface area contributed by atoms with Crippen molar-refractivity contribution in [3.63, 3.8) is 0 Å². The maximum atomic E-state index is 13.8. The third-order valence-electron chi connectivity index (χ3n) is 5.32. The van der Waals surface area contributed by atoms with E-state index >= 15 is 0 Å². The standard InChI is InChI=1S/C23H21N7OS3/c1-3-24-19-9-8-18-21(26-19)20(14-5-4-13(2)25-11-14)22(31)30(28-18)16-6-7-17-15(10-16)12-29(27-17)23(32,33)34/h4-12,32-34H,3H2,1-2H3,(H,24,26). The van der Waals surface area contributed by atoms with Crippen molar-refractivity contribution in [3.8, 4) is 16.8 Å². The zero-order valence-electron chi connectivity index (χ0n) is 18.3. The molecule has 0 fully saturated rings. The smallest absolute Gasteiger partial charge is 0.281 e. The summed E-state index contributed by atoms with van der Waals surface area (Å²) in [6.07, 6.45) is 3.46. The van der Waals surface area contributed by atoms with Crippen molar-refractivity contribution >= 4 is 65.6 Å². The van der Waals surface area contributed by atoms with E-state index in [-0.39, 0.29) is 5.56 Å². The van der Waals surface area contributed by atoms with Crippen molar-refractivity contribution < 1.29 is 0 Å². The van der Waals surface area contributed by atoms with Crippen molar-refractivity contribution in [3.05, 3.63) is 70.9 Å². The second-order valence-electron chi connectivity index (χ2n) is 7.79. The molecule has 0 amide bonds. The number of benzene rings is 1. The predicted octanol–water partition coefficient (Wildman–Crippen LogP) is 4.29. The minimum absolute atomic E-state index is 0.294. The van der Waals surface area contributed by atoms with Crippen LogP contribution in [0.5, 0.6) is 0 Å². The minimum Gasteiger partial charge on any atom is -0.370 e. The summed E-state index contributed by atoms with van der Waals surface area (Å²) in [6, 6.07) is 12.9. The Kier molecular flexibility index (Phi) is 5.78. The number of aromatic nitrogens is 6. The highest BCUT2D eigenvalue weighted by Crippen LogP contribution is 2.32. The van der Waals surface area contributed by atoms with Gasteiger partial charge in [0.05, 0.1) is 16.8 Å². The van der Waals surface area contributed by atoms with Gasteiger partial charge in [0.25, 0.3) is 5.56 Å². The molecule has 4 aromatic heterocycles. The van der Waals surface area contributed by atoms with Gasteiger partial charge >= 0.3 is 0 Å². The number of aryl methyl sites for hydroxylation is 1. The fourth-order valence-electron chi connectivity index (χ4n) is 3.71. The molecule has 0 aliphatic carbocycles. The molecule has 0 saturated heterocycles. The first-order chi connectivity index (χ1) is 16.2. The third-order valence-corrected chi connectivity index (χ3v) is 5.94. The summed E-state index contributed by atoms with van der Waals surface area (Å²) in [7, 11) is 0. The molecular formula is C23H21N7OS3. The molecule has 5 rings (SSSR count). The van der Waals surface area contributed by atoms with Crippen LogP contribution >= 0.6 is 37.9 Å². The van der Waals surface area contributed by atoms with Crippen LogP contribution in [0.2, 0.25) is 0 Å². The van der Waals surface area contributed by atoms with Gasteiger partial charge in [0, 0.05) is 35.6 Å². The summed E-state index contributed by atoms with van der Waals surface area (Å²) in [5, 5.41) is 13.1. The monoisotopic (exact) mass is 507 g/mol. The zero-order chi connectivity index (χ0) is 24.0. The number of rotatable bonds is 5. The molecule has 0 radical (unpaired) electrons. The number of anilines is 1. The van der Waals surface area contributed by atoms with Crippen LogP contribution in [0.25, 0.3) is 38.8 Å². The van der Waals surface area contributed by atoms with Gasteiger partial charge in [-0.05, 0) is 50.2 Å². The fourth-order valence-corrected chi connectivity index (χ4v) is 4.01. The summed E-state index contributed by atoms with van der Waals surface area (Å²) in [4.78, 5) is 22.9. The molecule has 1 N–H and O–H groups in total. The number of hydrogen-bond donors (Lipinski definition) is 4. The van der Waals surface area contributed by atoms with Gasteiger partial charge in [-0.15, -0.1) is 37.9 Å². The first kappa shape index (κ1) is 22.8. The van der Waals surface area contributed by atoms with Gasteiger partial charge in [0.1, 0.15) is 16.9 Å². The molecule has 172 valence electrons. The number of fused-ring (bicyclic) bond motifs is 2. The van der Waals surface area contributed by atoms with E-state index in [9.17, 15) is 4.79 Å². The van der Waals surface area contributed by atoms with Crippen LogP contribution in [0.3, 0.4) is 0 Å². The molecule has 34 heavy (non-hydrogen) atoms. The van der Waals surface area contributed by atoms with E-state index in [4.69, 9.17) is 0 Å². The summed E-state index contributed by atoms with van der Waals surface area (Å²) >= 11 is 13.0. The Labute approximate surface area is 211 Å². The van der Waals surface area contributed by atoms with Gasteiger partial charge < -0.3 is 5.32 Å². The van der Waals surface area contributed by atoms with Crippen molar-refractivity contribution in [2.24, 2.45) is 0 Å². The number of thiol groups is 3. The highest BCUT2D eigenvalue weighted by Gasteiger charge is 2.20. The lowest BCUT2D eigenvalue weighted by Gasteiger charge is -2.14. The molecule has 5 aromatic rings. The molecule has 0 unspecified atom stereocenters. The lowest BCUT2D eigenvalue weighted by atomic mass is 10.1. The first-order valence-corrected chi connectivity index (χ1v) is 11.9. The van der Waals surface area contributed by atoms with Crippen LogP contribution < -0.4 is 10.9 Å². The van der Waals surface area contributed by atoms with Gasteiger partial charge in [0.15, 0.2) is 3.54 Å². The van der Waals surface area contributed by atoms with E-state index in [2.05, 4.69) is 63.4 Å². The Bertz CT molecular complexity index is 1590. The topological polar surface area (TPSA) is 90.5 Å². The van der Waals surface area contributed by atoms with Gasteiger partial charge in [-0.3, -0.25) is 9.78 Å². The van der Waals surface area contributed by atoms with Crippen molar-refractivity contribution in [1.82, 2.24) is 29.5 Å². The summed E-state index contributed by atoms with van der Waals surface area (Å²) in [5.41, 5.74) is 4.11. The van der Waals surface area contributed by atoms with Crippen LogP contribution in [-0.4, -0.2) is 36.1 Å². The molecular weight excluding hydrogens is 487 g/mol. The highest BCUT2D eigenvalue weighted by molar-refractivity contribution is 8.15. The van der Waals surface area contributed by atoms with E-state index in [1.807, 2.05) is 50.2 Å². The summed E-state index contributed by atoms with van der Waals surface area (Å²) in [5.74, 6) is 0.679. The average Bonchev–Trinajstić information content (AvgIpc) is 3.24. The Morgan fingerprint density at radius 1 is 1.03 bits per heavy atom. The Hall–Kier alpha value is -3.02. The van der Waals surface area contributed by atoms with Crippen LogP contribution in [0, 0.1) is 6.92 Å². The third kappa shape index (κ3) is 4.15. The van der Waals surface area contributed by atoms with Gasteiger partial charge in [-0.25, -0.2) is 9.67 Å². The molecule has 0 aliphatic rings. The maximum Gasteiger partial charge on any atom is 0.281 e. The quantitative estimate of drug-likeness (QED) is 0.210. The number of pyridine rings is 2.